The summed E-state index contributed by atoms with van der Waals surface area (Å²) in [6, 6.07) is 9.36. The van der Waals surface area contributed by atoms with Crippen LogP contribution in [0.15, 0.2) is 47.1 Å². The van der Waals surface area contributed by atoms with Crippen LogP contribution in [0, 0.1) is 10.1 Å². The van der Waals surface area contributed by atoms with Gasteiger partial charge in [-0.2, -0.15) is 0 Å². The first kappa shape index (κ1) is 14.6. The van der Waals surface area contributed by atoms with Crippen LogP contribution in [0.1, 0.15) is 12.7 Å². The largest absolute Gasteiger partial charge is 0.474 e. The van der Waals surface area contributed by atoms with Gasteiger partial charge in [-0.25, -0.2) is 0 Å². The van der Waals surface area contributed by atoms with E-state index < -0.39 is 11.0 Å². The molecule has 1 aromatic heterocycles. The van der Waals surface area contributed by atoms with E-state index in [1.165, 1.54) is 31.4 Å². The van der Waals surface area contributed by atoms with E-state index in [1.54, 1.807) is 18.2 Å². The number of hydrogen-bond acceptors (Lipinski definition) is 5. The molecule has 0 fully saturated rings. The van der Waals surface area contributed by atoms with E-state index in [-0.39, 0.29) is 23.9 Å². The summed E-state index contributed by atoms with van der Waals surface area (Å²) in [5, 5.41) is 13.5. The molecule has 0 unspecified atom stereocenters. The number of rotatable bonds is 6. The van der Waals surface area contributed by atoms with Crippen molar-refractivity contribution in [3.63, 3.8) is 0 Å². The van der Waals surface area contributed by atoms with E-state index in [1.807, 2.05) is 0 Å². The highest BCUT2D eigenvalue weighted by Crippen LogP contribution is 2.26. The number of nitrogens with zero attached hydrogens (tertiary/aromatic N) is 1. The molecule has 1 heterocycles. The first-order valence-electron chi connectivity index (χ1n) is 6.28. The van der Waals surface area contributed by atoms with Crippen LogP contribution in [0.4, 0.5) is 5.69 Å². The number of nitro groups is 1. The van der Waals surface area contributed by atoms with Crippen LogP contribution >= 0.6 is 0 Å². The molecule has 7 nitrogen and oxygen atoms in total. The molecule has 0 spiro atoms. The van der Waals surface area contributed by atoms with Gasteiger partial charge in [0.1, 0.15) is 5.76 Å². The number of ether oxygens (including phenoxy) is 1. The Hall–Kier alpha value is -2.83. The van der Waals surface area contributed by atoms with Gasteiger partial charge in [-0.1, -0.05) is 12.1 Å². The van der Waals surface area contributed by atoms with Gasteiger partial charge in [0.2, 0.25) is 0 Å². The minimum absolute atomic E-state index is 0.0585. The van der Waals surface area contributed by atoms with Crippen molar-refractivity contribution in [2.24, 2.45) is 0 Å². The summed E-state index contributed by atoms with van der Waals surface area (Å²) >= 11 is 0. The summed E-state index contributed by atoms with van der Waals surface area (Å²) in [6.07, 6.45) is 0.649. The molecule has 1 aromatic carbocycles. The average Bonchev–Trinajstić information content (AvgIpc) is 2.98. The predicted octanol–water partition coefficient (Wildman–Crippen LogP) is 2.27. The maximum atomic E-state index is 11.9. The van der Waals surface area contributed by atoms with Crippen molar-refractivity contribution >= 4 is 11.6 Å². The zero-order valence-corrected chi connectivity index (χ0v) is 11.3. The average molecular weight is 290 g/mol. The predicted molar refractivity (Wildman–Crippen MR) is 73.7 cm³/mol. The molecule has 1 atom stereocenters. The first-order valence-corrected chi connectivity index (χ1v) is 6.28. The molecule has 0 saturated carbocycles. The molecular formula is C14H14N2O5. The second-order valence-corrected chi connectivity index (χ2v) is 4.28. The lowest BCUT2D eigenvalue weighted by Gasteiger charge is -2.14. The van der Waals surface area contributed by atoms with Crippen LogP contribution in [-0.2, 0) is 11.3 Å². The van der Waals surface area contributed by atoms with Gasteiger partial charge in [-0.05, 0) is 25.1 Å². The van der Waals surface area contributed by atoms with Gasteiger partial charge in [-0.3, -0.25) is 14.9 Å². The van der Waals surface area contributed by atoms with E-state index in [0.717, 1.165) is 0 Å². The normalized spacial score (nSPS) is 11.7. The highest BCUT2D eigenvalue weighted by Gasteiger charge is 2.20. The smallest absolute Gasteiger partial charge is 0.310 e. The number of benzene rings is 1. The molecular weight excluding hydrogens is 276 g/mol. The van der Waals surface area contributed by atoms with Crippen LogP contribution in [-0.4, -0.2) is 16.9 Å². The van der Waals surface area contributed by atoms with Gasteiger partial charge in [0.25, 0.3) is 5.91 Å². The topological polar surface area (TPSA) is 94.6 Å². The van der Waals surface area contributed by atoms with E-state index >= 15 is 0 Å². The van der Waals surface area contributed by atoms with Gasteiger partial charge < -0.3 is 14.5 Å². The number of furan rings is 1. The van der Waals surface area contributed by atoms with Crippen molar-refractivity contribution in [3.05, 3.63) is 58.5 Å². The van der Waals surface area contributed by atoms with Gasteiger partial charge in [0, 0.05) is 6.07 Å². The zero-order valence-electron chi connectivity index (χ0n) is 11.3. The SMILES string of the molecule is C[C@@H](Oc1ccccc1[N+](=O)[O-])C(=O)NCc1ccco1. The third kappa shape index (κ3) is 3.82. The van der Waals surface area contributed by atoms with Gasteiger partial charge in [0.05, 0.1) is 17.7 Å². The standard InChI is InChI=1S/C14H14N2O5/c1-10(14(17)15-9-11-5-4-8-20-11)21-13-7-3-2-6-12(13)16(18)19/h2-8,10H,9H2,1H3,(H,15,17)/t10-/m1/s1. The summed E-state index contributed by atoms with van der Waals surface area (Å²) in [5.41, 5.74) is -0.178. The Balaban J connectivity index is 1.96. The number of para-hydroxylation sites is 2. The minimum Gasteiger partial charge on any atom is -0.474 e. The summed E-state index contributed by atoms with van der Waals surface area (Å²) in [5.74, 6) is 0.286. The summed E-state index contributed by atoms with van der Waals surface area (Å²) in [7, 11) is 0. The summed E-state index contributed by atoms with van der Waals surface area (Å²) in [4.78, 5) is 22.2. The molecule has 21 heavy (non-hydrogen) atoms. The Morgan fingerprint density at radius 1 is 1.38 bits per heavy atom. The van der Waals surface area contributed by atoms with E-state index in [0.29, 0.717) is 5.76 Å². The van der Waals surface area contributed by atoms with Crippen LogP contribution in [0.5, 0.6) is 5.75 Å². The fourth-order valence-corrected chi connectivity index (χ4v) is 1.68. The molecule has 0 bridgehead atoms. The Morgan fingerprint density at radius 2 is 2.14 bits per heavy atom. The lowest BCUT2D eigenvalue weighted by Crippen LogP contribution is -2.35. The number of hydrogen-bond donors (Lipinski definition) is 1. The zero-order chi connectivity index (χ0) is 15.2. The van der Waals surface area contributed by atoms with Crippen molar-refractivity contribution in [1.29, 1.82) is 0 Å². The molecule has 0 aliphatic heterocycles. The minimum atomic E-state index is -0.860. The Labute approximate surface area is 120 Å². The van der Waals surface area contributed by atoms with Crippen molar-refractivity contribution in [2.45, 2.75) is 19.6 Å². The highest BCUT2D eigenvalue weighted by molar-refractivity contribution is 5.80. The second kappa shape index (κ2) is 6.56. The molecule has 1 N–H and O–H groups in total. The molecule has 0 radical (unpaired) electrons. The molecule has 7 heteroatoms. The van der Waals surface area contributed by atoms with Gasteiger partial charge >= 0.3 is 5.69 Å². The second-order valence-electron chi connectivity index (χ2n) is 4.28. The number of carbonyl (C=O) groups excluding carboxylic acids is 1. The third-order valence-corrected chi connectivity index (χ3v) is 2.75. The van der Waals surface area contributed by atoms with Crippen LogP contribution in [0.3, 0.4) is 0 Å². The number of nitro benzene ring substituents is 1. The number of amides is 1. The third-order valence-electron chi connectivity index (χ3n) is 2.75. The maximum Gasteiger partial charge on any atom is 0.310 e. The quantitative estimate of drug-likeness (QED) is 0.650. The molecule has 2 aromatic rings. The first-order chi connectivity index (χ1) is 10.1. The van der Waals surface area contributed by atoms with Gasteiger partial charge in [0.15, 0.2) is 11.9 Å². The maximum absolute atomic E-state index is 11.9. The molecule has 1 amide bonds. The molecule has 0 aliphatic rings. The summed E-state index contributed by atoms with van der Waals surface area (Å²) < 4.78 is 10.4. The van der Waals surface area contributed by atoms with Crippen LogP contribution in [0.2, 0.25) is 0 Å². The monoisotopic (exact) mass is 290 g/mol. The van der Waals surface area contributed by atoms with Crippen molar-refractivity contribution in [2.75, 3.05) is 0 Å². The lowest BCUT2D eigenvalue weighted by atomic mass is 10.3. The number of nitrogens with one attached hydrogen (secondary N) is 1. The van der Waals surface area contributed by atoms with E-state index in [9.17, 15) is 14.9 Å². The fraction of sp³-hybridized carbons (Fsp3) is 0.214. The van der Waals surface area contributed by atoms with Crippen molar-refractivity contribution in [1.82, 2.24) is 5.32 Å². The van der Waals surface area contributed by atoms with E-state index in [2.05, 4.69) is 5.32 Å². The highest BCUT2D eigenvalue weighted by atomic mass is 16.6. The Bertz CT molecular complexity index is 624. The Morgan fingerprint density at radius 3 is 2.81 bits per heavy atom. The van der Waals surface area contributed by atoms with Crippen molar-refractivity contribution < 1.29 is 18.9 Å². The van der Waals surface area contributed by atoms with E-state index in [4.69, 9.17) is 9.15 Å². The van der Waals surface area contributed by atoms with Gasteiger partial charge in [-0.15, -0.1) is 0 Å². The molecule has 0 saturated heterocycles. The van der Waals surface area contributed by atoms with Crippen molar-refractivity contribution in [3.8, 4) is 5.75 Å². The fourth-order valence-electron chi connectivity index (χ4n) is 1.68. The van der Waals surface area contributed by atoms with Crippen LogP contribution in [0.25, 0.3) is 0 Å². The molecule has 110 valence electrons. The summed E-state index contributed by atoms with van der Waals surface area (Å²) in [6.45, 7) is 1.75. The Kier molecular flexibility index (Phi) is 4.55. The molecule has 2 rings (SSSR count). The lowest BCUT2D eigenvalue weighted by molar-refractivity contribution is -0.386. The van der Waals surface area contributed by atoms with Crippen LogP contribution < -0.4 is 10.1 Å². The molecule has 0 aliphatic carbocycles. The number of carbonyl (C=O) groups is 1.